The van der Waals surface area contributed by atoms with E-state index in [9.17, 15) is 14.4 Å². The summed E-state index contributed by atoms with van der Waals surface area (Å²) in [4.78, 5) is 35.6. The fourth-order valence-corrected chi connectivity index (χ4v) is 4.51. The lowest BCUT2D eigenvalue weighted by Gasteiger charge is -2.49. The molecule has 1 unspecified atom stereocenters. The summed E-state index contributed by atoms with van der Waals surface area (Å²) in [7, 11) is 0.296. The highest BCUT2D eigenvalue weighted by molar-refractivity contribution is 14.1. The number of carbonyl (C=O) groups excluding carboxylic acids is 3. The first-order chi connectivity index (χ1) is 8.65. The summed E-state index contributed by atoms with van der Waals surface area (Å²) in [5, 5.41) is 2.29. The van der Waals surface area contributed by atoms with Crippen LogP contribution in [0.25, 0.3) is 0 Å². The Bertz CT molecular complexity index is 444. The summed E-state index contributed by atoms with van der Waals surface area (Å²) in [5.74, 6) is 0.000643. The molecule has 1 saturated heterocycles. The molecule has 0 spiro atoms. The van der Waals surface area contributed by atoms with E-state index in [4.69, 9.17) is 4.43 Å². The number of hydrogen-bond donors (Lipinski definition) is 1. The van der Waals surface area contributed by atoms with Crippen molar-refractivity contribution in [3.8, 4) is 0 Å². The lowest BCUT2D eigenvalue weighted by Crippen LogP contribution is -2.69. The Balaban J connectivity index is 2.30. The van der Waals surface area contributed by atoms with Crippen LogP contribution in [0.1, 0.15) is 0 Å². The van der Waals surface area contributed by atoms with Crippen LogP contribution in [0.15, 0.2) is 11.3 Å². The van der Waals surface area contributed by atoms with E-state index < -0.39 is 12.0 Å². The van der Waals surface area contributed by atoms with Crippen molar-refractivity contribution in [2.75, 3.05) is 10.2 Å². The van der Waals surface area contributed by atoms with Crippen LogP contribution >= 0.6 is 34.4 Å². The first-order valence-electron chi connectivity index (χ1n) is 5.16. The molecule has 1 fully saturated rings. The van der Waals surface area contributed by atoms with Crippen LogP contribution in [0, 0.1) is 0 Å². The molecule has 2 heterocycles. The molecule has 0 saturated carbocycles. The van der Waals surface area contributed by atoms with Crippen LogP contribution in [0.4, 0.5) is 0 Å². The molecule has 98 valence electrons. The van der Waals surface area contributed by atoms with E-state index in [2.05, 4.69) is 27.9 Å². The summed E-state index contributed by atoms with van der Waals surface area (Å²) in [5.41, 5.74) is 1.28. The summed E-state index contributed by atoms with van der Waals surface area (Å²) in [6, 6.07) is -0.528. The number of β-lactam (4-membered cyclic amide) rings is 1. The molecule has 0 aromatic heterocycles. The largest absolute Gasteiger partial charge is 0.524 e. The number of rotatable bonds is 4. The maximum Gasteiger partial charge on any atom is 0.341 e. The molecule has 6 nitrogen and oxygen atoms in total. The van der Waals surface area contributed by atoms with Crippen LogP contribution in [0.3, 0.4) is 0 Å². The molecule has 9 heteroatoms. The maximum absolute atomic E-state index is 11.9. The number of nitrogens with zero attached hydrogens (tertiary/aromatic N) is 1. The minimum atomic E-state index is -0.528. The highest BCUT2D eigenvalue weighted by Crippen LogP contribution is 2.40. The van der Waals surface area contributed by atoms with Gasteiger partial charge in [-0.3, -0.25) is 14.5 Å². The third-order valence-corrected chi connectivity index (χ3v) is 5.47. The van der Waals surface area contributed by atoms with E-state index in [1.807, 2.05) is 0 Å². The Labute approximate surface area is 125 Å². The van der Waals surface area contributed by atoms with Gasteiger partial charge in [-0.15, -0.1) is 11.8 Å². The second-order valence-electron chi connectivity index (χ2n) is 3.75. The number of fused-ring (bicyclic) bond motifs is 1. The van der Waals surface area contributed by atoms with Crippen molar-refractivity contribution in [2.45, 2.75) is 11.4 Å². The molecule has 2 rings (SSSR count). The molecule has 0 radical (unpaired) electrons. The minimum absolute atomic E-state index is 0.190. The van der Waals surface area contributed by atoms with Crippen molar-refractivity contribution in [3.05, 3.63) is 11.3 Å². The minimum Gasteiger partial charge on any atom is -0.524 e. The Morgan fingerprint density at radius 2 is 2.44 bits per heavy atom. The van der Waals surface area contributed by atoms with Crippen molar-refractivity contribution in [1.82, 2.24) is 10.2 Å². The standard InChI is InChI=1S/C9H11IN2O4SSi/c10-1-4-2-17-8-5(11-3-13)7(14)12(8)6(4)9(15)16-18/h3,5,8H,1-2H2,18H3,(H,11,13)/t5?,8-/m1/s1. The molecule has 0 bridgehead atoms. The third kappa shape index (κ3) is 2.07. The molecule has 1 N–H and O–H groups in total. The van der Waals surface area contributed by atoms with Crippen LogP contribution < -0.4 is 5.32 Å². The number of carbonyl (C=O) groups is 3. The normalized spacial score (nSPS) is 26.5. The fourth-order valence-electron chi connectivity index (χ4n) is 1.97. The highest BCUT2D eigenvalue weighted by atomic mass is 127. The van der Waals surface area contributed by atoms with Gasteiger partial charge in [0.2, 0.25) is 16.9 Å². The zero-order valence-corrected chi connectivity index (χ0v) is 14.5. The van der Waals surface area contributed by atoms with E-state index in [0.717, 1.165) is 5.57 Å². The second-order valence-corrected chi connectivity index (χ2v) is 6.03. The Morgan fingerprint density at radius 3 is 3.00 bits per heavy atom. The van der Waals surface area contributed by atoms with Crippen molar-refractivity contribution in [1.29, 1.82) is 0 Å². The maximum atomic E-state index is 11.9. The molecule has 2 aliphatic heterocycles. The summed E-state index contributed by atoms with van der Waals surface area (Å²) < 4.78 is 5.54. The molecule has 2 amide bonds. The number of amides is 2. The van der Waals surface area contributed by atoms with Crippen LogP contribution in [-0.4, -0.2) is 55.3 Å². The smallest absolute Gasteiger partial charge is 0.341 e. The SMILES string of the molecule is O=CNC1C(=O)N2C(C(=O)O[SiH3])=C(CI)CS[C@H]12. The van der Waals surface area contributed by atoms with Crippen LogP contribution in [-0.2, 0) is 18.8 Å². The lowest BCUT2D eigenvalue weighted by molar-refractivity contribution is -0.148. The van der Waals surface area contributed by atoms with Gasteiger partial charge in [-0.2, -0.15) is 0 Å². The van der Waals surface area contributed by atoms with Crippen molar-refractivity contribution in [3.63, 3.8) is 0 Å². The number of halogens is 1. The van der Waals surface area contributed by atoms with Gasteiger partial charge in [-0.05, 0) is 5.57 Å². The molecular weight excluding hydrogens is 387 g/mol. The molecular formula is C9H11IN2O4SSi. The quantitative estimate of drug-likeness (QED) is 0.206. The van der Waals surface area contributed by atoms with Gasteiger partial charge >= 0.3 is 5.97 Å². The van der Waals surface area contributed by atoms with E-state index in [0.29, 0.717) is 32.8 Å². The monoisotopic (exact) mass is 398 g/mol. The second kappa shape index (κ2) is 5.61. The fraction of sp³-hybridized carbons (Fsp3) is 0.444. The zero-order valence-electron chi connectivity index (χ0n) is 9.51. The average molecular weight is 398 g/mol. The predicted octanol–water partition coefficient (Wildman–Crippen LogP) is -1.47. The molecule has 2 atom stereocenters. The Morgan fingerprint density at radius 1 is 1.72 bits per heavy atom. The predicted molar refractivity (Wildman–Crippen MR) is 78.0 cm³/mol. The molecule has 2 aliphatic rings. The van der Waals surface area contributed by atoms with Gasteiger partial charge in [0, 0.05) is 10.2 Å². The number of alkyl halides is 1. The molecule has 18 heavy (non-hydrogen) atoms. The third-order valence-electron chi connectivity index (χ3n) is 2.83. The topological polar surface area (TPSA) is 75.7 Å². The van der Waals surface area contributed by atoms with Gasteiger partial charge in [0.25, 0.3) is 5.91 Å². The van der Waals surface area contributed by atoms with Gasteiger partial charge in [0.05, 0.1) is 0 Å². The van der Waals surface area contributed by atoms with E-state index in [1.165, 1.54) is 4.90 Å². The van der Waals surface area contributed by atoms with E-state index in [-0.39, 0.29) is 11.3 Å². The van der Waals surface area contributed by atoms with Gasteiger partial charge in [0.15, 0.2) is 0 Å². The zero-order chi connectivity index (χ0) is 13.3. The van der Waals surface area contributed by atoms with Gasteiger partial charge in [-0.1, -0.05) is 22.6 Å². The summed E-state index contributed by atoms with van der Waals surface area (Å²) >= 11 is 3.72. The number of thioether (sulfide) groups is 1. The van der Waals surface area contributed by atoms with E-state index >= 15 is 0 Å². The van der Waals surface area contributed by atoms with E-state index in [1.54, 1.807) is 11.8 Å². The van der Waals surface area contributed by atoms with Crippen LogP contribution in [0.5, 0.6) is 0 Å². The Kier molecular flexibility index (Phi) is 4.32. The Hall–Kier alpha value is -0.553. The summed E-state index contributed by atoms with van der Waals surface area (Å²) in [6.07, 6.45) is 0.517. The van der Waals surface area contributed by atoms with Gasteiger partial charge in [0.1, 0.15) is 17.1 Å². The average Bonchev–Trinajstić information content (AvgIpc) is 2.41. The summed E-state index contributed by atoms with van der Waals surface area (Å²) in [6.45, 7) is 0. The molecule has 0 aromatic rings. The van der Waals surface area contributed by atoms with Crippen molar-refractivity contribution >= 4 is 63.1 Å². The van der Waals surface area contributed by atoms with Crippen molar-refractivity contribution < 1.29 is 18.8 Å². The number of hydrogen-bond acceptors (Lipinski definition) is 5. The van der Waals surface area contributed by atoms with Gasteiger partial charge < -0.3 is 9.74 Å². The first-order valence-corrected chi connectivity index (χ1v) is 8.55. The first kappa shape index (κ1) is 13.9. The highest BCUT2D eigenvalue weighted by Gasteiger charge is 2.53. The molecule has 0 aromatic carbocycles. The van der Waals surface area contributed by atoms with Crippen molar-refractivity contribution in [2.24, 2.45) is 0 Å². The van der Waals surface area contributed by atoms with Gasteiger partial charge in [-0.25, -0.2) is 4.79 Å². The number of nitrogens with one attached hydrogen (secondary N) is 1. The van der Waals surface area contributed by atoms with Crippen LogP contribution in [0.2, 0.25) is 0 Å². The lowest BCUT2D eigenvalue weighted by atomic mass is 10.0. The molecule has 0 aliphatic carbocycles.